The van der Waals surface area contributed by atoms with Crippen LogP contribution in [0, 0.1) is 0 Å². The van der Waals surface area contributed by atoms with E-state index in [1.165, 1.54) is 17.2 Å². The molecule has 0 aromatic carbocycles. The Bertz CT molecular complexity index is 665. The summed E-state index contributed by atoms with van der Waals surface area (Å²) in [7, 11) is 1.57. The summed E-state index contributed by atoms with van der Waals surface area (Å²) in [5, 5.41) is 7.67. The number of nitrogens with zero attached hydrogens (tertiary/aromatic N) is 5. The molecule has 1 saturated carbocycles. The smallest absolute Gasteiger partial charge is 0.274 e. The number of alkyl halides is 2. The first kappa shape index (κ1) is 14.6. The lowest BCUT2D eigenvalue weighted by Crippen LogP contribution is -2.27. The number of rotatable bonds is 6. The maximum absolute atomic E-state index is 12.3. The molecule has 2 aromatic rings. The number of carbonyl (C=O) groups is 1. The first-order valence-corrected chi connectivity index (χ1v) is 6.92. The Kier molecular flexibility index (Phi) is 3.86. The zero-order valence-corrected chi connectivity index (χ0v) is 11.9. The molecule has 0 aliphatic heterocycles. The van der Waals surface area contributed by atoms with E-state index in [1.54, 1.807) is 7.05 Å². The van der Waals surface area contributed by atoms with Crippen molar-refractivity contribution in [1.29, 1.82) is 0 Å². The average molecular weight is 311 g/mol. The molecule has 7 nitrogen and oxygen atoms in total. The van der Waals surface area contributed by atoms with Crippen molar-refractivity contribution in [2.75, 3.05) is 7.05 Å². The summed E-state index contributed by atoms with van der Waals surface area (Å²) in [4.78, 5) is 17.8. The Morgan fingerprint density at radius 1 is 1.55 bits per heavy atom. The summed E-state index contributed by atoms with van der Waals surface area (Å²) >= 11 is 0. The molecule has 0 N–H and O–H groups in total. The molecule has 22 heavy (non-hydrogen) atoms. The van der Waals surface area contributed by atoms with Crippen LogP contribution < -0.4 is 0 Å². The van der Waals surface area contributed by atoms with Crippen LogP contribution in [0.15, 0.2) is 16.8 Å². The molecule has 3 rings (SSSR count). The fourth-order valence-electron chi connectivity index (χ4n) is 2.03. The zero-order valence-electron chi connectivity index (χ0n) is 11.9. The van der Waals surface area contributed by atoms with E-state index in [2.05, 4.69) is 15.2 Å². The number of amides is 1. The van der Waals surface area contributed by atoms with Crippen molar-refractivity contribution in [3.05, 3.63) is 29.7 Å². The quantitative estimate of drug-likeness (QED) is 0.811. The lowest BCUT2D eigenvalue weighted by molar-refractivity contribution is 0.0770. The van der Waals surface area contributed by atoms with E-state index < -0.39 is 13.0 Å². The molecule has 1 fully saturated rings. The second-order valence-electron chi connectivity index (χ2n) is 5.30. The van der Waals surface area contributed by atoms with Gasteiger partial charge >= 0.3 is 0 Å². The maximum atomic E-state index is 12.3. The van der Waals surface area contributed by atoms with E-state index in [0.29, 0.717) is 17.6 Å². The van der Waals surface area contributed by atoms with Gasteiger partial charge in [-0.15, -0.1) is 0 Å². The molecule has 1 aliphatic rings. The van der Waals surface area contributed by atoms with Gasteiger partial charge in [0.2, 0.25) is 5.89 Å². The predicted molar refractivity (Wildman–Crippen MR) is 70.3 cm³/mol. The van der Waals surface area contributed by atoms with E-state index in [9.17, 15) is 13.6 Å². The number of aromatic nitrogens is 4. The molecule has 0 saturated heterocycles. The lowest BCUT2D eigenvalue weighted by atomic mass is 10.3. The SMILES string of the molecule is CN(Cc1noc(C2CC2)n1)C(=O)c1ccn(CC(F)F)n1. The highest BCUT2D eigenvalue weighted by molar-refractivity contribution is 5.91. The van der Waals surface area contributed by atoms with E-state index in [-0.39, 0.29) is 18.1 Å². The number of carbonyl (C=O) groups excluding carboxylic acids is 1. The van der Waals surface area contributed by atoms with Gasteiger partial charge < -0.3 is 9.42 Å². The van der Waals surface area contributed by atoms with Gasteiger partial charge in [0.15, 0.2) is 5.82 Å². The fraction of sp³-hybridized carbons (Fsp3) is 0.538. The Hall–Kier alpha value is -2.32. The fourth-order valence-corrected chi connectivity index (χ4v) is 2.03. The van der Waals surface area contributed by atoms with E-state index in [0.717, 1.165) is 17.5 Å². The second-order valence-corrected chi connectivity index (χ2v) is 5.30. The van der Waals surface area contributed by atoms with Gasteiger partial charge in [-0.2, -0.15) is 10.1 Å². The largest absolute Gasteiger partial charge is 0.339 e. The van der Waals surface area contributed by atoms with Crippen LogP contribution in [0.5, 0.6) is 0 Å². The van der Waals surface area contributed by atoms with Gasteiger partial charge in [-0.1, -0.05) is 5.16 Å². The Labute approximate surface area is 124 Å². The summed E-state index contributed by atoms with van der Waals surface area (Å²) in [6.45, 7) is -0.358. The topological polar surface area (TPSA) is 77.0 Å². The number of hydrogen-bond acceptors (Lipinski definition) is 5. The molecule has 118 valence electrons. The molecule has 2 aromatic heterocycles. The van der Waals surface area contributed by atoms with E-state index in [1.807, 2.05) is 0 Å². The van der Waals surface area contributed by atoms with Crippen LogP contribution in [-0.2, 0) is 13.1 Å². The maximum Gasteiger partial charge on any atom is 0.274 e. The third-order valence-corrected chi connectivity index (χ3v) is 3.32. The Morgan fingerprint density at radius 2 is 2.32 bits per heavy atom. The van der Waals surface area contributed by atoms with Crippen molar-refractivity contribution in [3.8, 4) is 0 Å². The van der Waals surface area contributed by atoms with Crippen LogP contribution in [0.25, 0.3) is 0 Å². The average Bonchev–Trinajstić information content (AvgIpc) is 3.04. The van der Waals surface area contributed by atoms with Crippen LogP contribution in [0.4, 0.5) is 8.78 Å². The number of hydrogen-bond donors (Lipinski definition) is 0. The molecule has 0 radical (unpaired) electrons. The minimum absolute atomic E-state index is 0.106. The minimum Gasteiger partial charge on any atom is -0.339 e. The van der Waals surface area contributed by atoms with E-state index >= 15 is 0 Å². The van der Waals surface area contributed by atoms with Crippen molar-refractivity contribution in [2.45, 2.75) is 38.3 Å². The minimum atomic E-state index is -2.51. The molecule has 9 heteroatoms. The highest BCUT2D eigenvalue weighted by Crippen LogP contribution is 2.38. The lowest BCUT2D eigenvalue weighted by Gasteiger charge is -2.13. The van der Waals surface area contributed by atoms with Crippen LogP contribution in [0.3, 0.4) is 0 Å². The molecule has 0 unspecified atom stereocenters. The van der Waals surface area contributed by atoms with Gasteiger partial charge in [0.25, 0.3) is 12.3 Å². The first-order valence-electron chi connectivity index (χ1n) is 6.92. The second kappa shape index (κ2) is 5.82. The number of halogens is 2. The van der Waals surface area contributed by atoms with Crippen molar-refractivity contribution >= 4 is 5.91 Å². The van der Waals surface area contributed by atoms with Crippen molar-refractivity contribution in [3.63, 3.8) is 0 Å². The van der Waals surface area contributed by atoms with Gasteiger partial charge in [0.05, 0.1) is 6.54 Å². The third kappa shape index (κ3) is 3.29. The summed E-state index contributed by atoms with van der Waals surface area (Å²) in [6.07, 6.45) is 0.948. The summed E-state index contributed by atoms with van der Waals surface area (Å²) < 4.78 is 30.7. The molecule has 1 aliphatic carbocycles. The van der Waals surface area contributed by atoms with Crippen molar-refractivity contribution in [1.82, 2.24) is 24.8 Å². The zero-order chi connectivity index (χ0) is 15.7. The highest BCUT2D eigenvalue weighted by atomic mass is 19.3. The molecule has 0 spiro atoms. The molecule has 1 amide bonds. The van der Waals surface area contributed by atoms with Gasteiger partial charge in [-0.05, 0) is 18.9 Å². The van der Waals surface area contributed by atoms with Gasteiger partial charge in [-0.3, -0.25) is 9.48 Å². The molecular formula is C13H15F2N5O2. The van der Waals surface area contributed by atoms with Gasteiger partial charge in [0.1, 0.15) is 12.2 Å². The summed E-state index contributed by atoms with van der Waals surface area (Å²) in [6, 6.07) is 1.41. The summed E-state index contributed by atoms with van der Waals surface area (Å²) in [5.41, 5.74) is 0.106. The normalized spacial score (nSPS) is 14.5. The Balaban J connectivity index is 1.61. The van der Waals surface area contributed by atoms with Crippen LogP contribution >= 0.6 is 0 Å². The Morgan fingerprint density at radius 3 is 3.00 bits per heavy atom. The third-order valence-electron chi connectivity index (χ3n) is 3.32. The monoisotopic (exact) mass is 311 g/mol. The van der Waals surface area contributed by atoms with Crippen molar-refractivity contribution in [2.24, 2.45) is 0 Å². The first-order chi connectivity index (χ1) is 10.5. The van der Waals surface area contributed by atoms with E-state index in [4.69, 9.17) is 4.52 Å². The molecule has 0 atom stereocenters. The van der Waals surface area contributed by atoms with Crippen LogP contribution in [-0.4, -0.2) is 44.2 Å². The standard InChI is InChI=1S/C13H15F2N5O2/c1-19(7-11-16-12(22-18-11)8-2-3-8)13(21)9-4-5-20(17-9)6-10(14)15/h4-5,8,10H,2-3,6-7H2,1H3. The molecule has 2 heterocycles. The molecule has 0 bridgehead atoms. The summed E-state index contributed by atoms with van der Waals surface area (Å²) in [5.74, 6) is 1.000. The van der Waals surface area contributed by atoms with Gasteiger partial charge in [-0.25, -0.2) is 8.78 Å². The van der Waals surface area contributed by atoms with Crippen molar-refractivity contribution < 1.29 is 18.1 Å². The van der Waals surface area contributed by atoms with Crippen LogP contribution in [0.1, 0.15) is 41.0 Å². The van der Waals surface area contributed by atoms with Crippen LogP contribution in [0.2, 0.25) is 0 Å². The van der Waals surface area contributed by atoms with Gasteiger partial charge in [0, 0.05) is 19.2 Å². The predicted octanol–water partition coefficient (Wildman–Crippen LogP) is 1.68. The highest BCUT2D eigenvalue weighted by Gasteiger charge is 2.30. The molecular weight excluding hydrogens is 296 g/mol.